The second-order valence-electron chi connectivity index (χ2n) is 15.6. The maximum Gasteiger partial charge on any atom is 0.455 e. The van der Waals surface area contributed by atoms with Crippen LogP contribution in [0.1, 0.15) is 51.3 Å². The molecule has 2 N–H and O–H groups in total. The largest absolute Gasteiger partial charge is 0.505 e. The average Bonchev–Trinajstić information content (AvgIpc) is 3.38. The molecule has 11 heteroatoms. The number of carbonyl (C=O) groups excluding carboxylic acids is 2. The Bertz CT molecular complexity index is 2030. The lowest BCUT2D eigenvalue weighted by atomic mass is 9.58. The molecule has 0 saturated carbocycles. The third-order valence-electron chi connectivity index (χ3n) is 11.4. The molecule has 54 heavy (non-hydrogen) atoms. The average molecular weight is 745 g/mol. The van der Waals surface area contributed by atoms with Gasteiger partial charge in [0.1, 0.15) is 0 Å². The summed E-state index contributed by atoms with van der Waals surface area (Å²) in [6, 6.07) is 30.6. The molecule has 3 aromatic carbocycles. The number of benzene rings is 3. The second-order valence-corrected chi connectivity index (χ2v) is 19.9. The van der Waals surface area contributed by atoms with Gasteiger partial charge in [0, 0.05) is 13.2 Å². The van der Waals surface area contributed by atoms with Crippen molar-refractivity contribution >= 4 is 49.3 Å². The Hall–Kier alpha value is -4.68. The molecule has 2 saturated heterocycles. The van der Waals surface area contributed by atoms with Gasteiger partial charge in [0.25, 0.3) is 8.32 Å². The van der Waals surface area contributed by atoms with E-state index in [1.807, 2.05) is 60.7 Å². The molecule has 2 amide bonds. The Labute approximate surface area is 317 Å². The van der Waals surface area contributed by atoms with Crippen molar-refractivity contribution < 1.29 is 33.2 Å². The Balaban J connectivity index is 1.31. The normalized spacial score (nSPS) is 22.1. The molecular weight excluding hydrogens is 698 g/mol. The highest BCUT2D eigenvalue weighted by Crippen LogP contribution is 2.51. The molecule has 278 valence electrons. The van der Waals surface area contributed by atoms with E-state index in [1.54, 1.807) is 19.3 Å². The molecule has 4 atom stereocenters. The van der Waals surface area contributed by atoms with Crippen molar-refractivity contribution in [2.45, 2.75) is 57.5 Å². The molecule has 0 spiro atoms. The Morgan fingerprint density at radius 2 is 1.65 bits per heavy atom. The van der Waals surface area contributed by atoms with Gasteiger partial charge in [-0.25, -0.2) is 4.39 Å². The first-order valence-corrected chi connectivity index (χ1v) is 20.5. The van der Waals surface area contributed by atoms with Gasteiger partial charge in [0.15, 0.2) is 11.6 Å². The van der Waals surface area contributed by atoms with Crippen molar-refractivity contribution in [3.8, 4) is 5.75 Å². The maximum atomic E-state index is 14.4. The van der Waals surface area contributed by atoms with Crippen molar-refractivity contribution in [1.29, 1.82) is 0 Å². The smallest absolute Gasteiger partial charge is 0.455 e. The zero-order chi connectivity index (χ0) is 38.2. The number of halogens is 1. The van der Waals surface area contributed by atoms with Gasteiger partial charge in [-0.2, -0.15) is 0 Å². The number of phenols is 1. The Morgan fingerprint density at radius 1 is 0.981 bits per heavy atom. The monoisotopic (exact) mass is 744 g/mol. The van der Waals surface area contributed by atoms with Crippen LogP contribution < -0.4 is 10.4 Å². The zero-order valence-electron chi connectivity index (χ0n) is 31.1. The first-order chi connectivity index (χ1) is 25.9. The summed E-state index contributed by atoms with van der Waals surface area (Å²) in [7, 11) is -2.58. The highest BCUT2D eigenvalue weighted by Gasteiger charge is 2.57. The molecule has 4 aromatic rings. The third kappa shape index (κ3) is 7.01. The van der Waals surface area contributed by atoms with Gasteiger partial charge in [-0.05, 0) is 99.5 Å². The van der Waals surface area contributed by atoms with Gasteiger partial charge in [-0.15, -0.1) is 0 Å². The number of nitrogens with zero attached hydrogens (tertiary/aromatic N) is 2. The number of carbonyl (C=O) groups is 2. The Morgan fingerprint density at radius 3 is 2.26 bits per heavy atom. The van der Waals surface area contributed by atoms with Gasteiger partial charge in [-0.1, -0.05) is 93.6 Å². The lowest BCUT2D eigenvalue weighted by molar-refractivity contribution is -0.138. The maximum absolute atomic E-state index is 14.4. The Kier molecular flexibility index (Phi) is 10.6. The molecular formula is C43H46BFN2O6Si. The van der Waals surface area contributed by atoms with E-state index < -0.39 is 50.9 Å². The highest BCUT2D eigenvalue weighted by molar-refractivity contribution is 6.99. The molecule has 2 aliphatic heterocycles. The summed E-state index contributed by atoms with van der Waals surface area (Å²) >= 11 is 0. The van der Waals surface area contributed by atoms with Crippen molar-refractivity contribution in [2.75, 3.05) is 13.7 Å². The molecule has 1 aliphatic carbocycles. The van der Waals surface area contributed by atoms with E-state index in [0.717, 1.165) is 27.1 Å². The van der Waals surface area contributed by atoms with E-state index >= 15 is 0 Å². The lowest BCUT2D eigenvalue weighted by Gasteiger charge is -2.46. The standard InChI is InChI=1S/C43H46BFN2O6Si/c1-43(2,3)54(31-13-7-5-8-14-31,32-15-9-6-10-16-32)52-27-30-25-33-40(42(50)47(4)41(33)49)34-26-44(51)53-38(39(30)34)21-19-29(36-17-11-12-22-46-36)23-28-18-20-37(48)35(45)24-28/h5-18,20,22-24,33-34,38,40,48,51H,19,21,25-27H2,1-4H3/b29-23-/t33-,34+,38-,40-/m1/s1. The van der Waals surface area contributed by atoms with Crippen LogP contribution in [0.15, 0.2) is 114 Å². The van der Waals surface area contributed by atoms with Gasteiger partial charge in [-0.3, -0.25) is 19.5 Å². The molecule has 2 fully saturated rings. The number of aromatic nitrogens is 1. The van der Waals surface area contributed by atoms with Gasteiger partial charge < -0.3 is 19.2 Å². The highest BCUT2D eigenvalue weighted by atomic mass is 28.4. The number of fused-ring (bicyclic) bond motifs is 3. The van der Waals surface area contributed by atoms with E-state index in [4.69, 9.17) is 9.08 Å². The van der Waals surface area contributed by atoms with E-state index in [1.165, 1.54) is 17.0 Å². The molecule has 3 heterocycles. The van der Waals surface area contributed by atoms with E-state index in [9.17, 15) is 24.1 Å². The number of rotatable bonds is 10. The predicted molar refractivity (Wildman–Crippen MR) is 211 cm³/mol. The summed E-state index contributed by atoms with van der Waals surface area (Å²) in [4.78, 5) is 33.2. The molecule has 3 aliphatic rings. The minimum atomic E-state index is -2.99. The fraction of sp³-hybridized carbons (Fsp3) is 0.326. The first-order valence-electron chi connectivity index (χ1n) is 18.6. The summed E-state index contributed by atoms with van der Waals surface area (Å²) in [5.41, 5.74) is 3.93. The number of aromatic hydroxyl groups is 1. The molecule has 0 bridgehead atoms. The molecule has 8 nitrogen and oxygen atoms in total. The second kappa shape index (κ2) is 15.2. The fourth-order valence-corrected chi connectivity index (χ4v) is 13.5. The van der Waals surface area contributed by atoms with Crippen LogP contribution >= 0.6 is 0 Å². The quantitative estimate of drug-likeness (QED) is 0.112. The van der Waals surface area contributed by atoms with Crippen LogP contribution in [-0.2, 0) is 18.7 Å². The molecule has 1 aromatic heterocycles. The van der Waals surface area contributed by atoms with E-state index in [2.05, 4.69) is 50.0 Å². The van der Waals surface area contributed by atoms with Crippen LogP contribution in [0.5, 0.6) is 5.75 Å². The summed E-state index contributed by atoms with van der Waals surface area (Å²) in [5.74, 6) is -3.14. The first kappa shape index (κ1) is 37.6. The summed E-state index contributed by atoms with van der Waals surface area (Å²) < 4.78 is 28.2. The van der Waals surface area contributed by atoms with Crippen LogP contribution in [-0.4, -0.2) is 67.0 Å². The number of amides is 2. The van der Waals surface area contributed by atoms with Crippen LogP contribution in [0.2, 0.25) is 11.4 Å². The van der Waals surface area contributed by atoms with Crippen molar-refractivity contribution in [3.05, 3.63) is 131 Å². The zero-order valence-corrected chi connectivity index (χ0v) is 32.1. The number of phenolic OH excluding ortho intramolecular Hbond substituents is 1. The summed E-state index contributed by atoms with van der Waals surface area (Å²) in [5, 5.41) is 23.0. The summed E-state index contributed by atoms with van der Waals surface area (Å²) in [6.07, 6.45) is 4.36. The van der Waals surface area contributed by atoms with Gasteiger partial charge in [0.05, 0.1) is 30.2 Å². The third-order valence-corrected chi connectivity index (χ3v) is 16.4. The van der Waals surface area contributed by atoms with Gasteiger partial charge >= 0.3 is 7.12 Å². The van der Waals surface area contributed by atoms with Gasteiger partial charge in [0.2, 0.25) is 11.8 Å². The predicted octanol–water partition coefficient (Wildman–Crippen LogP) is 6.25. The number of imide groups is 1. The van der Waals surface area contributed by atoms with Crippen molar-refractivity contribution in [2.24, 2.45) is 17.8 Å². The number of hydrogen-bond donors (Lipinski definition) is 2. The minimum Gasteiger partial charge on any atom is -0.505 e. The number of pyridine rings is 1. The number of allylic oxidation sites excluding steroid dienone is 1. The van der Waals surface area contributed by atoms with Crippen LogP contribution in [0.4, 0.5) is 4.39 Å². The van der Waals surface area contributed by atoms with E-state index in [0.29, 0.717) is 30.5 Å². The fourth-order valence-electron chi connectivity index (χ4n) is 8.94. The van der Waals surface area contributed by atoms with Crippen molar-refractivity contribution in [1.82, 2.24) is 9.88 Å². The van der Waals surface area contributed by atoms with Crippen molar-refractivity contribution in [3.63, 3.8) is 0 Å². The van der Waals surface area contributed by atoms with Crippen LogP contribution in [0.25, 0.3) is 11.6 Å². The van der Waals surface area contributed by atoms with Crippen LogP contribution in [0.3, 0.4) is 0 Å². The van der Waals surface area contributed by atoms with E-state index in [-0.39, 0.29) is 29.8 Å². The number of likely N-dealkylation sites (tertiary alicyclic amines) is 1. The molecule has 0 unspecified atom stereocenters. The topological polar surface area (TPSA) is 109 Å². The lowest BCUT2D eigenvalue weighted by Crippen LogP contribution is -2.66. The number of hydrogen-bond acceptors (Lipinski definition) is 7. The SMILES string of the molecule is CN1C(=O)[C@@H]2[C@@H](CC(CO[Si](c3ccccc3)(c3ccccc3)C(C)(C)C)=C3[C@@H](CC/C(=C/c4ccc(O)c(F)c4)c4ccccn4)OB(O)C[C@@H]32)C1=O. The summed E-state index contributed by atoms with van der Waals surface area (Å²) in [6.45, 7) is 6.90. The van der Waals surface area contributed by atoms with Crippen LogP contribution in [0, 0.1) is 23.6 Å². The molecule has 0 radical (unpaired) electrons. The minimum absolute atomic E-state index is 0.193. The molecule has 7 rings (SSSR count).